The first-order chi connectivity index (χ1) is 13.8. The summed E-state index contributed by atoms with van der Waals surface area (Å²) in [6, 6.07) is 2.38. The van der Waals surface area contributed by atoms with Gasteiger partial charge in [-0.2, -0.15) is 4.98 Å². The van der Waals surface area contributed by atoms with Crippen molar-refractivity contribution in [2.24, 2.45) is 0 Å². The highest BCUT2D eigenvalue weighted by Crippen LogP contribution is 2.28. The number of thiocarbonyl (C=S) groups is 1. The Labute approximate surface area is 176 Å². The first kappa shape index (κ1) is 21.6. The van der Waals surface area contributed by atoms with Gasteiger partial charge in [-0.25, -0.2) is 13.8 Å². The highest BCUT2D eigenvalue weighted by Gasteiger charge is 2.26. The number of rotatable bonds is 6. The van der Waals surface area contributed by atoms with Gasteiger partial charge in [-0.15, -0.1) is 4.31 Å². The van der Waals surface area contributed by atoms with Crippen LogP contribution in [0.3, 0.4) is 0 Å². The van der Waals surface area contributed by atoms with E-state index in [2.05, 4.69) is 15.3 Å². The Bertz CT molecular complexity index is 908. The Balaban J connectivity index is 1.77. The van der Waals surface area contributed by atoms with Crippen molar-refractivity contribution in [3.63, 3.8) is 0 Å². The lowest BCUT2D eigenvalue weighted by atomic mass is 10.0. The van der Waals surface area contributed by atoms with Crippen molar-refractivity contribution >= 4 is 40.2 Å². The average Bonchev–Trinajstić information content (AvgIpc) is 2.70. The summed E-state index contributed by atoms with van der Waals surface area (Å²) in [6.07, 6.45) is 4.62. The predicted octanol–water partition coefficient (Wildman–Crippen LogP) is 2.28. The van der Waals surface area contributed by atoms with Gasteiger partial charge in [0.1, 0.15) is 17.8 Å². The van der Waals surface area contributed by atoms with E-state index in [1.165, 1.54) is 19.4 Å². The van der Waals surface area contributed by atoms with Crippen LogP contribution in [0.15, 0.2) is 18.3 Å². The van der Waals surface area contributed by atoms with E-state index in [1.807, 2.05) is 4.31 Å². The smallest absolute Gasteiger partial charge is 0.224 e. The number of aromatic nitrogens is 2. The molecule has 11 heteroatoms. The van der Waals surface area contributed by atoms with Crippen LogP contribution < -0.4 is 15.8 Å². The SMILES string of the molecule is COc1ccc(F)c(F)c1C(=S)c1cnc(NC2CCN([S+](C)[O-])CC2)nc1N. The second kappa shape index (κ2) is 9.16. The highest BCUT2D eigenvalue weighted by atomic mass is 32.2. The predicted molar refractivity (Wildman–Crippen MR) is 112 cm³/mol. The van der Waals surface area contributed by atoms with Gasteiger partial charge >= 0.3 is 0 Å². The second-order valence-corrected chi connectivity index (χ2v) is 8.30. The van der Waals surface area contributed by atoms with Gasteiger partial charge < -0.3 is 20.3 Å². The molecule has 0 aliphatic carbocycles. The van der Waals surface area contributed by atoms with Crippen LogP contribution in [0.5, 0.6) is 5.75 Å². The molecule has 1 atom stereocenters. The molecule has 1 aromatic carbocycles. The Kier molecular flexibility index (Phi) is 6.83. The zero-order valence-electron chi connectivity index (χ0n) is 15.9. The summed E-state index contributed by atoms with van der Waals surface area (Å²) in [5, 5.41) is 3.20. The van der Waals surface area contributed by atoms with Crippen molar-refractivity contribution in [2.75, 3.05) is 37.5 Å². The molecule has 0 amide bonds. The van der Waals surface area contributed by atoms with Gasteiger partial charge in [0.2, 0.25) is 5.95 Å². The molecule has 156 valence electrons. The Morgan fingerprint density at radius 3 is 2.66 bits per heavy atom. The van der Waals surface area contributed by atoms with E-state index in [9.17, 15) is 13.3 Å². The van der Waals surface area contributed by atoms with Gasteiger partial charge in [0.15, 0.2) is 11.6 Å². The van der Waals surface area contributed by atoms with Crippen LogP contribution in [0, 0.1) is 11.6 Å². The van der Waals surface area contributed by atoms with E-state index in [0.717, 1.165) is 18.9 Å². The Hall–Kier alpha value is -2.08. The summed E-state index contributed by atoms with van der Waals surface area (Å²) in [5.41, 5.74) is 6.04. The summed E-state index contributed by atoms with van der Waals surface area (Å²) >= 11 is 4.34. The summed E-state index contributed by atoms with van der Waals surface area (Å²) in [6.45, 7) is 1.41. The topological polar surface area (TPSA) is 99.4 Å². The molecule has 1 unspecified atom stereocenters. The molecule has 0 bridgehead atoms. The standard InChI is InChI=1S/C18H21F2N5O2S2/c1-27-13-4-3-12(19)15(20)14(13)16(28)11-9-22-18(24-17(11)21)23-10-5-7-25(8-6-10)29(2)26/h3-4,9-10H,5-8H2,1-2H3,(H3,21,22,23,24). The molecule has 0 radical (unpaired) electrons. The maximum Gasteiger partial charge on any atom is 0.224 e. The van der Waals surface area contributed by atoms with E-state index in [1.54, 1.807) is 6.26 Å². The van der Waals surface area contributed by atoms with Crippen LogP contribution in [0.1, 0.15) is 24.0 Å². The molecule has 2 aromatic rings. The van der Waals surface area contributed by atoms with Crippen molar-refractivity contribution in [2.45, 2.75) is 18.9 Å². The molecule has 0 spiro atoms. The number of nitrogens with one attached hydrogen (secondary N) is 1. The lowest BCUT2D eigenvalue weighted by molar-refractivity contribution is 0.331. The summed E-state index contributed by atoms with van der Waals surface area (Å²) in [5.74, 6) is -1.70. The summed E-state index contributed by atoms with van der Waals surface area (Å²) in [7, 11) is 1.34. The molecular weight excluding hydrogens is 420 g/mol. The fourth-order valence-electron chi connectivity index (χ4n) is 3.13. The first-order valence-electron chi connectivity index (χ1n) is 8.86. The van der Waals surface area contributed by atoms with Crippen LogP contribution in [-0.2, 0) is 11.4 Å². The van der Waals surface area contributed by atoms with Crippen LogP contribution in [0.4, 0.5) is 20.5 Å². The van der Waals surface area contributed by atoms with Crippen LogP contribution >= 0.6 is 12.2 Å². The number of hydrogen-bond acceptors (Lipinski definition) is 8. The molecule has 1 aliphatic heterocycles. The van der Waals surface area contributed by atoms with Crippen molar-refractivity contribution in [1.29, 1.82) is 0 Å². The van der Waals surface area contributed by atoms with E-state index in [-0.39, 0.29) is 33.6 Å². The minimum atomic E-state index is -1.11. The van der Waals surface area contributed by atoms with Gasteiger partial charge in [-0.3, -0.25) is 0 Å². The number of benzene rings is 1. The molecule has 1 saturated heterocycles. The third-order valence-corrected chi connectivity index (χ3v) is 6.23. The van der Waals surface area contributed by atoms with Crippen molar-refractivity contribution in [3.8, 4) is 5.75 Å². The van der Waals surface area contributed by atoms with Crippen molar-refractivity contribution < 1.29 is 18.1 Å². The van der Waals surface area contributed by atoms with E-state index < -0.39 is 23.0 Å². The van der Waals surface area contributed by atoms with Gasteiger partial charge in [-0.05, 0) is 25.0 Å². The van der Waals surface area contributed by atoms with E-state index in [4.69, 9.17) is 22.7 Å². The Morgan fingerprint density at radius 2 is 2.07 bits per heavy atom. The molecule has 29 heavy (non-hydrogen) atoms. The number of nitrogens with zero attached hydrogens (tertiary/aromatic N) is 3. The summed E-state index contributed by atoms with van der Waals surface area (Å²) in [4.78, 5) is 8.39. The van der Waals surface area contributed by atoms with Gasteiger partial charge in [0.05, 0.1) is 23.1 Å². The maximum absolute atomic E-state index is 14.3. The lowest BCUT2D eigenvalue weighted by Gasteiger charge is -2.30. The van der Waals surface area contributed by atoms with E-state index >= 15 is 0 Å². The third kappa shape index (κ3) is 4.74. The van der Waals surface area contributed by atoms with E-state index in [0.29, 0.717) is 19.0 Å². The van der Waals surface area contributed by atoms with Crippen LogP contribution in [0.2, 0.25) is 0 Å². The zero-order valence-corrected chi connectivity index (χ0v) is 17.6. The molecule has 1 aliphatic rings. The van der Waals surface area contributed by atoms with Crippen molar-refractivity contribution in [3.05, 3.63) is 41.1 Å². The van der Waals surface area contributed by atoms with Crippen molar-refractivity contribution in [1.82, 2.24) is 14.3 Å². The fraction of sp³-hybridized carbons (Fsp3) is 0.389. The molecule has 1 aromatic heterocycles. The number of halogens is 2. The van der Waals surface area contributed by atoms with Gasteiger partial charge in [0, 0.05) is 36.7 Å². The molecule has 2 heterocycles. The van der Waals surface area contributed by atoms with Gasteiger partial charge in [-0.1, -0.05) is 12.2 Å². The molecule has 3 rings (SSSR count). The maximum atomic E-state index is 14.3. The monoisotopic (exact) mass is 441 g/mol. The number of nitrogens with two attached hydrogens (primary N) is 1. The normalized spacial score (nSPS) is 16.4. The largest absolute Gasteiger partial charge is 0.598 e. The number of methoxy groups -OCH3 is 1. The minimum absolute atomic E-state index is 0.0402. The fourth-order valence-corrected chi connectivity index (χ4v) is 4.20. The lowest BCUT2D eigenvalue weighted by Crippen LogP contribution is -2.42. The third-order valence-electron chi connectivity index (χ3n) is 4.72. The molecular formula is C18H21F2N5O2S2. The van der Waals surface area contributed by atoms with Crippen LogP contribution in [0.25, 0.3) is 0 Å². The molecule has 0 saturated carbocycles. The zero-order chi connectivity index (χ0) is 21.1. The first-order valence-corrected chi connectivity index (χ1v) is 10.8. The average molecular weight is 442 g/mol. The number of hydrogen-bond donors (Lipinski definition) is 2. The number of ether oxygens (including phenoxy) is 1. The minimum Gasteiger partial charge on any atom is -0.598 e. The second-order valence-electron chi connectivity index (χ2n) is 6.53. The van der Waals surface area contributed by atoms with Crippen LogP contribution in [-0.4, -0.2) is 56.2 Å². The molecule has 1 fully saturated rings. The highest BCUT2D eigenvalue weighted by molar-refractivity contribution is 7.88. The number of nitrogen functional groups attached to an aromatic ring is 1. The van der Waals surface area contributed by atoms with Gasteiger partial charge in [0.25, 0.3) is 0 Å². The molecule has 3 N–H and O–H groups in total. The summed E-state index contributed by atoms with van der Waals surface area (Å²) < 4.78 is 46.5. The number of piperidine rings is 1. The quantitative estimate of drug-likeness (QED) is 0.400. The number of anilines is 2. The Morgan fingerprint density at radius 1 is 1.38 bits per heavy atom. The molecule has 7 nitrogen and oxygen atoms in total.